The fraction of sp³-hybridized carbons (Fsp3) is 0.208. The molecule has 1 aliphatic rings. The Kier molecular flexibility index (Phi) is 6.52. The first kappa shape index (κ1) is 22.6. The average Bonchev–Trinajstić information content (AvgIpc) is 3.07. The van der Waals surface area contributed by atoms with Gasteiger partial charge in [-0.1, -0.05) is 36.4 Å². The maximum absolute atomic E-state index is 13.0. The van der Waals surface area contributed by atoms with Crippen molar-refractivity contribution >= 4 is 21.8 Å². The van der Waals surface area contributed by atoms with Crippen LogP contribution in [0.3, 0.4) is 0 Å². The van der Waals surface area contributed by atoms with Crippen LogP contribution in [0.25, 0.3) is 0 Å². The molecule has 0 unspecified atom stereocenters. The second kappa shape index (κ2) is 9.51. The summed E-state index contributed by atoms with van der Waals surface area (Å²) >= 11 is 0. The molecule has 2 amide bonds. The first-order valence-corrected chi connectivity index (χ1v) is 11.9. The minimum atomic E-state index is -3.87. The summed E-state index contributed by atoms with van der Waals surface area (Å²) in [6.07, 6.45) is 2.83. The highest BCUT2D eigenvalue weighted by Crippen LogP contribution is 2.28. The van der Waals surface area contributed by atoms with Gasteiger partial charge in [-0.15, -0.1) is 0 Å². The van der Waals surface area contributed by atoms with Gasteiger partial charge in [0.25, 0.3) is 11.8 Å². The predicted octanol–water partition coefficient (Wildman–Crippen LogP) is 2.80. The topological polar surface area (TPSA) is 106 Å². The highest BCUT2D eigenvalue weighted by molar-refractivity contribution is 7.89. The number of aromatic nitrogens is 1. The number of carbonyl (C=O) groups is 2. The second-order valence-electron chi connectivity index (χ2n) is 7.57. The van der Waals surface area contributed by atoms with Crippen LogP contribution in [0.15, 0.2) is 71.8 Å². The van der Waals surface area contributed by atoms with Gasteiger partial charge in [-0.2, -0.15) is 0 Å². The number of hydrogen-bond donors (Lipinski definition) is 1. The van der Waals surface area contributed by atoms with Crippen LogP contribution < -0.4 is 9.46 Å². The molecular weight excluding hydrogens is 442 g/mol. The van der Waals surface area contributed by atoms with Crippen LogP contribution in [0, 0.1) is 0 Å². The Labute approximate surface area is 192 Å². The standard InChI is InChI=1S/C24H23N3O5S/c1-32-20-12-11-18(16-27-23(28)19-10-6-13-25-22(19)24(27)29)15-21(20)33(30,31)26-14-5-9-17-7-3-2-4-8-17/h2-4,6-8,10-13,15,26H,5,9,14,16H2,1H3. The number of hydrogen-bond acceptors (Lipinski definition) is 6. The monoisotopic (exact) mass is 465 g/mol. The number of nitrogens with one attached hydrogen (secondary N) is 1. The smallest absolute Gasteiger partial charge is 0.280 e. The van der Waals surface area contributed by atoms with Crippen molar-refractivity contribution in [2.24, 2.45) is 0 Å². The van der Waals surface area contributed by atoms with Crippen molar-refractivity contribution < 1.29 is 22.7 Å². The molecule has 8 nitrogen and oxygen atoms in total. The molecule has 1 N–H and O–H groups in total. The third-order valence-corrected chi connectivity index (χ3v) is 6.85. The fourth-order valence-corrected chi connectivity index (χ4v) is 4.98. The molecule has 1 aromatic heterocycles. The van der Waals surface area contributed by atoms with Crippen LogP contribution in [-0.4, -0.2) is 43.8 Å². The van der Waals surface area contributed by atoms with Crippen molar-refractivity contribution in [2.75, 3.05) is 13.7 Å². The number of pyridine rings is 1. The summed E-state index contributed by atoms with van der Waals surface area (Å²) in [5.74, 6) is -0.782. The number of fused-ring (bicyclic) bond motifs is 1. The van der Waals surface area contributed by atoms with Gasteiger partial charge >= 0.3 is 0 Å². The van der Waals surface area contributed by atoms with Gasteiger partial charge in [0.1, 0.15) is 16.3 Å². The lowest BCUT2D eigenvalue weighted by Gasteiger charge is -2.16. The maximum atomic E-state index is 13.0. The lowest BCUT2D eigenvalue weighted by atomic mass is 10.1. The van der Waals surface area contributed by atoms with Crippen molar-refractivity contribution in [2.45, 2.75) is 24.3 Å². The first-order chi connectivity index (χ1) is 15.9. The van der Waals surface area contributed by atoms with Crippen LogP contribution in [0.4, 0.5) is 0 Å². The number of carbonyl (C=O) groups excluding carboxylic acids is 2. The summed E-state index contributed by atoms with van der Waals surface area (Å²) in [7, 11) is -2.48. The number of amides is 2. The molecule has 170 valence electrons. The summed E-state index contributed by atoms with van der Waals surface area (Å²) in [6.45, 7) is 0.184. The van der Waals surface area contributed by atoms with Crippen LogP contribution in [0.1, 0.15) is 38.4 Å². The summed E-state index contributed by atoms with van der Waals surface area (Å²) in [4.78, 5) is 30.2. The molecule has 0 atom stereocenters. The van der Waals surface area contributed by atoms with Crippen LogP contribution in [0.5, 0.6) is 5.75 Å². The van der Waals surface area contributed by atoms with Gasteiger partial charge in [-0.25, -0.2) is 13.1 Å². The number of benzene rings is 2. The number of sulfonamides is 1. The van der Waals surface area contributed by atoms with E-state index in [-0.39, 0.29) is 35.0 Å². The molecule has 0 saturated carbocycles. The van der Waals surface area contributed by atoms with Crippen LogP contribution in [-0.2, 0) is 23.0 Å². The third-order valence-electron chi connectivity index (χ3n) is 5.37. The van der Waals surface area contributed by atoms with E-state index in [4.69, 9.17) is 4.74 Å². The zero-order valence-electron chi connectivity index (χ0n) is 18.0. The number of methoxy groups -OCH3 is 1. The van der Waals surface area contributed by atoms with Gasteiger partial charge in [0.05, 0.1) is 19.2 Å². The zero-order chi connectivity index (χ0) is 23.4. The largest absolute Gasteiger partial charge is 0.495 e. The Balaban J connectivity index is 1.48. The number of ether oxygens (including phenoxy) is 1. The van der Waals surface area contributed by atoms with Crippen molar-refractivity contribution in [3.8, 4) is 5.75 Å². The number of nitrogens with zero attached hydrogens (tertiary/aromatic N) is 2. The van der Waals surface area contributed by atoms with Crippen molar-refractivity contribution in [3.63, 3.8) is 0 Å². The summed E-state index contributed by atoms with van der Waals surface area (Å²) < 4.78 is 33.8. The molecule has 0 spiro atoms. The second-order valence-corrected chi connectivity index (χ2v) is 9.30. The van der Waals surface area contributed by atoms with Gasteiger partial charge in [-0.05, 0) is 48.2 Å². The molecule has 0 saturated heterocycles. The van der Waals surface area contributed by atoms with Gasteiger partial charge in [0.15, 0.2) is 0 Å². The average molecular weight is 466 g/mol. The Morgan fingerprint density at radius 3 is 2.48 bits per heavy atom. The van der Waals surface area contributed by atoms with E-state index in [1.165, 1.54) is 25.4 Å². The molecule has 9 heteroatoms. The molecule has 1 aliphatic heterocycles. The van der Waals surface area contributed by atoms with E-state index in [2.05, 4.69) is 9.71 Å². The van der Waals surface area contributed by atoms with E-state index >= 15 is 0 Å². The van der Waals surface area contributed by atoms with Crippen LogP contribution in [0.2, 0.25) is 0 Å². The van der Waals surface area contributed by atoms with E-state index in [0.717, 1.165) is 16.9 Å². The van der Waals surface area contributed by atoms with Crippen molar-refractivity contribution in [1.82, 2.24) is 14.6 Å². The molecule has 33 heavy (non-hydrogen) atoms. The molecule has 3 aromatic rings. The van der Waals surface area contributed by atoms with E-state index < -0.39 is 21.8 Å². The Hall–Kier alpha value is -3.56. The van der Waals surface area contributed by atoms with Gasteiger partial charge in [0, 0.05) is 12.7 Å². The van der Waals surface area contributed by atoms with Crippen molar-refractivity contribution in [3.05, 3.63) is 89.2 Å². The molecule has 0 radical (unpaired) electrons. The maximum Gasteiger partial charge on any atom is 0.280 e. The Morgan fingerprint density at radius 1 is 0.970 bits per heavy atom. The normalized spacial score (nSPS) is 13.3. The Bertz CT molecular complexity index is 1260. The van der Waals surface area contributed by atoms with Gasteiger partial charge in [0.2, 0.25) is 10.0 Å². The lowest BCUT2D eigenvalue weighted by molar-refractivity contribution is 0.0640. The fourth-order valence-electron chi connectivity index (χ4n) is 3.69. The number of rotatable bonds is 9. The molecule has 2 aromatic carbocycles. The number of imide groups is 1. The summed E-state index contributed by atoms with van der Waals surface area (Å²) in [5, 5.41) is 0. The van der Waals surface area contributed by atoms with E-state index in [9.17, 15) is 18.0 Å². The van der Waals surface area contributed by atoms with Crippen LogP contribution >= 0.6 is 0 Å². The van der Waals surface area contributed by atoms with E-state index in [1.54, 1.807) is 18.2 Å². The van der Waals surface area contributed by atoms with Crippen molar-refractivity contribution in [1.29, 1.82) is 0 Å². The zero-order valence-corrected chi connectivity index (χ0v) is 18.8. The molecule has 0 fully saturated rings. The third kappa shape index (κ3) is 4.79. The van der Waals surface area contributed by atoms with E-state index in [0.29, 0.717) is 12.0 Å². The summed E-state index contributed by atoms with van der Waals surface area (Å²) in [5.41, 5.74) is 1.95. The number of aryl methyl sites for hydroxylation is 1. The quantitative estimate of drug-likeness (QED) is 0.385. The van der Waals surface area contributed by atoms with Gasteiger partial charge < -0.3 is 4.74 Å². The highest BCUT2D eigenvalue weighted by Gasteiger charge is 2.36. The molecule has 4 rings (SSSR count). The molecule has 2 heterocycles. The Morgan fingerprint density at radius 2 is 1.76 bits per heavy atom. The predicted molar refractivity (Wildman–Crippen MR) is 121 cm³/mol. The molecule has 0 aliphatic carbocycles. The highest BCUT2D eigenvalue weighted by atomic mass is 32.2. The van der Waals surface area contributed by atoms with Gasteiger partial charge in [-0.3, -0.25) is 19.5 Å². The first-order valence-electron chi connectivity index (χ1n) is 10.4. The minimum absolute atomic E-state index is 0.0445. The SMILES string of the molecule is COc1ccc(CN2C(=O)c3cccnc3C2=O)cc1S(=O)(=O)NCCCc1ccccc1. The minimum Gasteiger partial charge on any atom is -0.495 e. The lowest BCUT2D eigenvalue weighted by Crippen LogP contribution is -2.29. The molecule has 0 bridgehead atoms. The molecular formula is C24H23N3O5S. The summed E-state index contributed by atoms with van der Waals surface area (Å²) in [6, 6.07) is 17.5. The van der Waals surface area contributed by atoms with E-state index in [1.807, 2.05) is 30.3 Å².